The van der Waals surface area contributed by atoms with Crippen LogP contribution in [0, 0.1) is 0 Å². The molecule has 2 rings (SSSR count). The lowest BCUT2D eigenvalue weighted by Gasteiger charge is -2.20. The highest BCUT2D eigenvalue weighted by Gasteiger charge is 2.29. The second-order valence-electron chi connectivity index (χ2n) is 4.34. The third-order valence-corrected chi connectivity index (χ3v) is 3.23. The summed E-state index contributed by atoms with van der Waals surface area (Å²) in [6, 6.07) is 0.479. The molecule has 14 heavy (non-hydrogen) atoms. The number of likely N-dealkylation sites (N-methyl/N-ethyl adjacent to an activating group) is 1. The molecule has 2 unspecified atom stereocenters. The van der Waals surface area contributed by atoms with Crippen LogP contribution in [-0.4, -0.2) is 49.6 Å². The van der Waals surface area contributed by atoms with Crippen molar-refractivity contribution in [3.63, 3.8) is 0 Å². The van der Waals surface area contributed by atoms with Gasteiger partial charge in [-0.25, -0.2) is 0 Å². The highest BCUT2D eigenvalue weighted by Crippen LogP contribution is 2.15. The molecule has 1 amide bonds. The van der Waals surface area contributed by atoms with Gasteiger partial charge in [0.15, 0.2) is 0 Å². The van der Waals surface area contributed by atoms with Crippen LogP contribution in [0.4, 0.5) is 0 Å². The maximum Gasteiger partial charge on any atom is 0.237 e. The number of nitrogens with one attached hydrogen (secondary N) is 2. The zero-order chi connectivity index (χ0) is 9.97. The number of amides is 1. The number of carbonyl (C=O) groups excluding carboxylic acids is 1. The van der Waals surface area contributed by atoms with E-state index in [-0.39, 0.29) is 11.9 Å². The van der Waals surface area contributed by atoms with Crippen LogP contribution < -0.4 is 10.6 Å². The van der Waals surface area contributed by atoms with E-state index in [4.69, 9.17) is 0 Å². The average molecular weight is 197 g/mol. The first kappa shape index (κ1) is 9.93. The fourth-order valence-electron chi connectivity index (χ4n) is 2.32. The fraction of sp³-hybridized carbons (Fsp3) is 0.900. The van der Waals surface area contributed by atoms with Crippen molar-refractivity contribution in [3.8, 4) is 0 Å². The first-order valence-electron chi connectivity index (χ1n) is 5.48. The van der Waals surface area contributed by atoms with E-state index >= 15 is 0 Å². The van der Waals surface area contributed by atoms with E-state index in [1.54, 1.807) is 0 Å². The molecule has 2 aliphatic heterocycles. The molecule has 80 valence electrons. The molecule has 2 aliphatic rings. The molecule has 2 N–H and O–H groups in total. The van der Waals surface area contributed by atoms with Crippen molar-refractivity contribution in [1.29, 1.82) is 0 Å². The van der Waals surface area contributed by atoms with Gasteiger partial charge in [0.05, 0.1) is 6.04 Å². The summed E-state index contributed by atoms with van der Waals surface area (Å²) < 4.78 is 0. The van der Waals surface area contributed by atoms with Crippen LogP contribution in [0.3, 0.4) is 0 Å². The molecule has 2 saturated heterocycles. The van der Waals surface area contributed by atoms with Crippen LogP contribution in [0.25, 0.3) is 0 Å². The molecule has 4 nitrogen and oxygen atoms in total. The van der Waals surface area contributed by atoms with Gasteiger partial charge in [-0.15, -0.1) is 0 Å². The molecule has 2 fully saturated rings. The Morgan fingerprint density at radius 3 is 2.93 bits per heavy atom. The minimum absolute atomic E-state index is 0.121. The second kappa shape index (κ2) is 4.28. The molecule has 0 saturated carbocycles. The molecular formula is C10H19N3O. The molecule has 2 heterocycles. The summed E-state index contributed by atoms with van der Waals surface area (Å²) in [6.07, 6.45) is 3.24. The molecule has 0 aromatic heterocycles. The van der Waals surface area contributed by atoms with E-state index in [1.807, 2.05) is 7.05 Å². The van der Waals surface area contributed by atoms with Gasteiger partial charge < -0.3 is 10.6 Å². The molecule has 0 aliphatic carbocycles. The van der Waals surface area contributed by atoms with Crippen molar-refractivity contribution < 1.29 is 4.79 Å². The van der Waals surface area contributed by atoms with Gasteiger partial charge in [0.2, 0.25) is 5.91 Å². The van der Waals surface area contributed by atoms with E-state index in [0.717, 1.165) is 38.9 Å². The van der Waals surface area contributed by atoms with E-state index < -0.39 is 0 Å². The fourth-order valence-corrected chi connectivity index (χ4v) is 2.32. The zero-order valence-corrected chi connectivity index (χ0v) is 8.75. The van der Waals surface area contributed by atoms with Gasteiger partial charge in [0.25, 0.3) is 0 Å². The predicted octanol–water partition coefficient (Wildman–Crippen LogP) is -0.441. The summed E-state index contributed by atoms with van der Waals surface area (Å²) in [5.74, 6) is 0.221. The van der Waals surface area contributed by atoms with Gasteiger partial charge in [-0.2, -0.15) is 0 Å². The number of hydrogen-bond acceptors (Lipinski definition) is 3. The van der Waals surface area contributed by atoms with E-state index in [1.165, 1.54) is 0 Å². The topological polar surface area (TPSA) is 44.4 Å². The van der Waals surface area contributed by atoms with Crippen LogP contribution in [-0.2, 0) is 4.79 Å². The Bertz CT molecular complexity index is 213. The largest absolute Gasteiger partial charge is 0.351 e. The van der Waals surface area contributed by atoms with Crippen molar-refractivity contribution >= 4 is 5.91 Å². The maximum atomic E-state index is 11.8. The van der Waals surface area contributed by atoms with Gasteiger partial charge in [-0.1, -0.05) is 0 Å². The van der Waals surface area contributed by atoms with Crippen LogP contribution in [0.15, 0.2) is 0 Å². The average Bonchev–Trinajstić information content (AvgIpc) is 2.75. The monoisotopic (exact) mass is 197 g/mol. The van der Waals surface area contributed by atoms with Crippen molar-refractivity contribution in [2.24, 2.45) is 0 Å². The smallest absolute Gasteiger partial charge is 0.237 e. The standard InChI is InChI=1S/C10H19N3O/c1-13-6-2-3-9(13)10(14)12-8-4-5-11-7-8/h8-9,11H,2-7H2,1H3,(H,12,14). The minimum atomic E-state index is 0.121. The number of nitrogens with zero attached hydrogens (tertiary/aromatic N) is 1. The third kappa shape index (κ3) is 2.07. The van der Waals surface area contributed by atoms with Gasteiger partial charge >= 0.3 is 0 Å². The first-order chi connectivity index (χ1) is 6.77. The van der Waals surface area contributed by atoms with Gasteiger partial charge in [-0.3, -0.25) is 9.69 Å². The Morgan fingerprint density at radius 1 is 1.50 bits per heavy atom. The summed E-state index contributed by atoms with van der Waals surface area (Å²) in [4.78, 5) is 14.0. The molecular weight excluding hydrogens is 178 g/mol. The third-order valence-electron chi connectivity index (χ3n) is 3.23. The Morgan fingerprint density at radius 2 is 2.36 bits per heavy atom. The van der Waals surface area contributed by atoms with E-state index in [9.17, 15) is 4.79 Å². The Kier molecular flexibility index (Phi) is 3.03. The van der Waals surface area contributed by atoms with Crippen LogP contribution in [0.2, 0.25) is 0 Å². The summed E-state index contributed by atoms with van der Waals surface area (Å²) in [5.41, 5.74) is 0. The Labute approximate surface area is 85.0 Å². The van der Waals surface area contributed by atoms with Crippen LogP contribution in [0.5, 0.6) is 0 Å². The van der Waals surface area contributed by atoms with E-state index in [0.29, 0.717) is 6.04 Å². The predicted molar refractivity (Wildman–Crippen MR) is 55.1 cm³/mol. The number of likely N-dealkylation sites (tertiary alicyclic amines) is 1. The highest BCUT2D eigenvalue weighted by atomic mass is 16.2. The Balaban J connectivity index is 1.82. The van der Waals surface area contributed by atoms with Gasteiger partial charge in [0.1, 0.15) is 0 Å². The summed E-state index contributed by atoms with van der Waals surface area (Å²) in [6.45, 7) is 3.02. The molecule has 0 aromatic carbocycles. The number of hydrogen-bond donors (Lipinski definition) is 2. The summed E-state index contributed by atoms with van der Waals surface area (Å²) >= 11 is 0. The van der Waals surface area contributed by atoms with Crippen LogP contribution >= 0.6 is 0 Å². The zero-order valence-electron chi connectivity index (χ0n) is 8.75. The molecule has 0 bridgehead atoms. The number of carbonyl (C=O) groups is 1. The lowest BCUT2D eigenvalue weighted by molar-refractivity contribution is -0.125. The van der Waals surface area contributed by atoms with E-state index in [2.05, 4.69) is 15.5 Å². The van der Waals surface area contributed by atoms with Gasteiger partial charge in [0, 0.05) is 12.6 Å². The quantitative estimate of drug-likeness (QED) is 0.631. The first-order valence-corrected chi connectivity index (χ1v) is 5.48. The SMILES string of the molecule is CN1CCCC1C(=O)NC1CCNC1. The highest BCUT2D eigenvalue weighted by molar-refractivity contribution is 5.82. The molecule has 0 spiro atoms. The summed E-state index contributed by atoms with van der Waals surface area (Å²) in [5, 5.41) is 6.36. The lowest BCUT2D eigenvalue weighted by atomic mass is 10.2. The molecule has 4 heteroatoms. The van der Waals surface area contributed by atoms with Crippen molar-refractivity contribution in [3.05, 3.63) is 0 Å². The molecule has 0 aromatic rings. The summed E-state index contributed by atoms with van der Waals surface area (Å²) in [7, 11) is 2.03. The maximum absolute atomic E-state index is 11.8. The lowest BCUT2D eigenvalue weighted by Crippen LogP contribution is -2.46. The molecule has 2 atom stereocenters. The van der Waals surface area contributed by atoms with Crippen molar-refractivity contribution in [2.45, 2.75) is 31.3 Å². The normalized spacial score (nSPS) is 33.5. The minimum Gasteiger partial charge on any atom is -0.351 e. The molecule has 0 radical (unpaired) electrons. The van der Waals surface area contributed by atoms with Crippen LogP contribution in [0.1, 0.15) is 19.3 Å². The van der Waals surface area contributed by atoms with Gasteiger partial charge in [-0.05, 0) is 39.4 Å². The van der Waals surface area contributed by atoms with Crippen molar-refractivity contribution in [2.75, 3.05) is 26.7 Å². The number of rotatable bonds is 2. The second-order valence-corrected chi connectivity index (χ2v) is 4.34. The Hall–Kier alpha value is -0.610. The van der Waals surface area contributed by atoms with Crippen molar-refractivity contribution in [1.82, 2.24) is 15.5 Å².